The van der Waals surface area contributed by atoms with Gasteiger partial charge in [-0.3, -0.25) is 0 Å². The molecule has 0 aliphatic carbocycles. The normalized spacial score (nSPS) is 11.4. The average Bonchev–Trinajstić information content (AvgIpc) is 2.37. The van der Waals surface area contributed by atoms with Crippen LogP contribution in [0.5, 0.6) is 5.75 Å². The minimum absolute atomic E-state index is 0.152. The summed E-state index contributed by atoms with van der Waals surface area (Å²) in [5.41, 5.74) is 8.94. The van der Waals surface area contributed by atoms with Crippen LogP contribution in [0.3, 0.4) is 0 Å². The van der Waals surface area contributed by atoms with Gasteiger partial charge >= 0.3 is 0 Å². The Labute approximate surface area is 125 Å². The highest BCUT2D eigenvalue weighted by Crippen LogP contribution is 2.25. The van der Waals surface area contributed by atoms with Crippen LogP contribution in [0.1, 0.15) is 31.9 Å². The predicted octanol–water partition coefficient (Wildman–Crippen LogP) is 4.80. The number of halogens is 1. The number of hydrogen-bond donors (Lipinski definition) is 1. The summed E-state index contributed by atoms with van der Waals surface area (Å²) in [4.78, 5) is 0. The van der Waals surface area contributed by atoms with Crippen LogP contribution in [0.15, 0.2) is 42.5 Å². The molecule has 0 spiro atoms. The highest BCUT2D eigenvalue weighted by molar-refractivity contribution is 6.30. The fourth-order valence-corrected chi connectivity index (χ4v) is 2.09. The van der Waals surface area contributed by atoms with Gasteiger partial charge in [0.15, 0.2) is 0 Å². The van der Waals surface area contributed by atoms with E-state index in [1.165, 1.54) is 5.56 Å². The van der Waals surface area contributed by atoms with E-state index < -0.39 is 0 Å². The van der Waals surface area contributed by atoms with Crippen molar-refractivity contribution in [3.63, 3.8) is 0 Å². The van der Waals surface area contributed by atoms with Crippen molar-refractivity contribution < 1.29 is 4.74 Å². The van der Waals surface area contributed by atoms with Crippen LogP contribution >= 0.6 is 11.6 Å². The molecule has 0 aromatic heterocycles. The fraction of sp³-hybridized carbons (Fsp3) is 0.294. The van der Waals surface area contributed by atoms with E-state index in [1.54, 1.807) is 6.07 Å². The number of anilines is 1. The number of benzene rings is 2. The first-order valence-corrected chi connectivity index (χ1v) is 7.01. The highest BCUT2D eigenvalue weighted by Gasteiger charge is 2.13. The number of hydrogen-bond acceptors (Lipinski definition) is 2. The Morgan fingerprint density at radius 1 is 1.05 bits per heavy atom. The molecule has 0 bridgehead atoms. The molecule has 0 aliphatic rings. The first kappa shape index (κ1) is 14.7. The summed E-state index contributed by atoms with van der Waals surface area (Å²) in [5.74, 6) is 0.840. The number of ether oxygens (including phenoxy) is 1. The van der Waals surface area contributed by atoms with Crippen LogP contribution in [-0.4, -0.2) is 0 Å². The van der Waals surface area contributed by atoms with E-state index in [4.69, 9.17) is 22.1 Å². The van der Waals surface area contributed by atoms with Gasteiger partial charge in [0.2, 0.25) is 0 Å². The summed E-state index contributed by atoms with van der Waals surface area (Å²) >= 11 is 5.87. The molecule has 0 amide bonds. The molecule has 3 heteroatoms. The molecule has 0 unspecified atom stereocenters. The third-order valence-corrected chi connectivity index (χ3v) is 3.46. The maximum absolute atomic E-state index is 5.90. The first-order chi connectivity index (χ1) is 9.36. The summed E-state index contributed by atoms with van der Waals surface area (Å²) in [7, 11) is 0. The van der Waals surface area contributed by atoms with E-state index >= 15 is 0 Å². The zero-order valence-electron chi connectivity index (χ0n) is 12.1. The molecule has 0 aliphatic heterocycles. The van der Waals surface area contributed by atoms with Gasteiger partial charge in [0, 0.05) is 16.3 Å². The van der Waals surface area contributed by atoms with Gasteiger partial charge in [0.05, 0.1) is 0 Å². The van der Waals surface area contributed by atoms with Crippen LogP contribution in [-0.2, 0) is 12.0 Å². The van der Waals surface area contributed by atoms with Crippen LogP contribution in [0, 0.1) is 0 Å². The number of nitrogen functional groups attached to an aromatic ring is 1. The van der Waals surface area contributed by atoms with Gasteiger partial charge in [-0.25, -0.2) is 0 Å². The molecule has 0 fully saturated rings. The Morgan fingerprint density at radius 3 is 2.25 bits per heavy atom. The molecule has 0 atom stereocenters. The highest BCUT2D eigenvalue weighted by atomic mass is 35.5. The molecular formula is C17H20ClNO. The first-order valence-electron chi connectivity index (χ1n) is 6.63. The third-order valence-electron chi connectivity index (χ3n) is 3.22. The van der Waals surface area contributed by atoms with Crippen molar-refractivity contribution in [1.29, 1.82) is 0 Å². The second-order valence-electron chi connectivity index (χ2n) is 5.91. The van der Waals surface area contributed by atoms with Gasteiger partial charge in [-0.2, -0.15) is 0 Å². The zero-order chi connectivity index (χ0) is 14.8. The van der Waals surface area contributed by atoms with E-state index in [0.717, 1.165) is 11.3 Å². The van der Waals surface area contributed by atoms with Gasteiger partial charge in [-0.1, -0.05) is 50.6 Å². The second-order valence-corrected chi connectivity index (χ2v) is 6.34. The van der Waals surface area contributed by atoms with E-state index in [9.17, 15) is 0 Å². The summed E-state index contributed by atoms with van der Waals surface area (Å²) in [6.07, 6.45) is 0. The molecule has 0 saturated carbocycles. The lowest BCUT2D eigenvalue weighted by Crippen LogP contribution is -2.10. The van der Waals surface area contributed by atoms with Gasteiger partial charge in [0.25, 0.3) is 0 Å². The monoisotopic (exact) mass is 289 g/mol. The Morgan fingerprint density at radius 2 is 1.70 bits per heavy atom. The summed E-state index contributed by atoms with van der Waals surface area (Å²) in [6, 6.07) is 13.6. The molecule has 2 N–H and O–H groups in total. The Balaban J connectivity index is 2.04. The van der Waals surface area contributed by atoms with E-state index in [0.29, 0.717) is 17.3 Å². The Hall–Kier alpha value is -1.67. The zero-order valence-corrected chi connectivity index (χ0v) is 12.9. The number of nitrogens with two attached hydrogens (primary N) is 1. The Kier molecular flexibility index (Phi) is 4.24. The van der Waals surface area contributed by atoms with Gasteiger partial charge < -0.3 is 10.5 Å². The minimum atomic E-state index is 0.152. The molecule has 0 radical (unpaired) electrons. The number of rotatable bonds is 3. The lowest BCUT2D eigenvalue weighted by molar-refractivity contribution is 0.306. The molecule has 0 saturated heterocycles. The predicted molar refractivity (Wildman–Crippen MR) is 85.3 cm³/mol. The van der Waals surface area contributed by atoms with Crippen molar-refractivity contribution in [2.24, 2.45) is 0 Å². The van der Waals surface area contributed by atoms with E-state index in [2.05, 4.69) is 32.9 Å². The van der Waals surface area contributed by atoms with Crippen molar-refractivity contribution in [2.75, 3.05) is 5.73 Å². The maximum atomic E-state index is 5.90. The average molecular weight is 290 g/mol. The SMILES string of the molecule is CC(C)(C)c1ccc(OCc2ccc(Cl)cc2N)cc1. The van der Waals surface area contributed by atoms with Crippen LogP contribution in [0.2, 0.25) is 5.02 Å². The molecule has 20 heavy (non-hydrogen) atoms. The quantitative estimate of drug-likeness (QED) is 0.824. The Bertz CT molecular complexity index is 585. The molecular weight excluding hydrogens is 270 g/mol. The molecule has 106 valence electrons. The van der Waals surface area contributed by atoms with Gasteiger partial charge in [-0.15, -0.1) is 0 Å². The molecule has 2 rings (SSSR count). The maximum Gasteiger partial charge on any atom is 0.119 e. The van der Waals surface area contributed by atoms with Gasteiger partial charge in [0.1, 0.15) is 12.4 Å². The van der Waals surface area contributed by atoms with E-state index in [-0.39, 0.29) is 5.41 Å². The van der Waals surface area contributed by atoms with Crippen LogP contribution < -0.4 is 10.5 Å². The molecule has 2 aromatic rings. The second kappa shape index (κ2) is 5.76. The smallest absolute Gasteiger partial charge is 0.119 e. The van der Waals surface area contributed by atoms with Crippen molar-refractivity contribution in [2.45, 2.75) is 32.8 Å². The minimum Gasteiger partial charge on any atom is -0.489 e. The third kappa shape index (κ3) is 3.67. The van der Waals surface area contributed by atoms with Crippen molar-refractivity contribution in [1.82, 2.24) is 0 Å². The van der Waals surface area contributed by atoms with Crippen molar-refractivity contribution in [3.05, 3.63) is 58.6 Å². The van der Waals surface area contributed by atoms with E-state index in [1.807, 2.05) is 24.3 Å². The summed E-state index contributed by atoms with van der Waals surface area (Å²) in [6.45, 7) is 7.02. The standard InChI is InChI=1S/C17H20ClNO/c1-17(2,3)13-5-8-15(9-6-13)20-11-12-4-7-14(18)10-16(12)19/h4-10H,11,19H2,1-3H3. The largest absolute Gasteiger partial charge is 0.489 e. The summed E-state index contributed by atoms with van der Waals surface area (Å²) < 4.78 is 5.76. The van der Waals surface area contributed by atoms with Gasteiger partial charge in [-0.05, 0) is 35.2 Å². The lowest BCUT2D eigenvalue weighted by Gasteiger charge is -2.19. The lowest BCUT2D eigenvalue weighted by atomic mass is 9.87. The van der Waals surface area contributed by atoms with Crippen LogP contribution in [0.25, 0.3) is 0 Å². The van der Waals surface area contributed by atoms with Crippen molar-refractivity contribution in [3.8, 4) is 5.75 Å². The van der Waals surface area contributed by atoms with Crippen LogP contribution in [0.4, 0.5) is 5.69 Å². The van der Waals surface area contributed by atoms with Crippen molar-refractivity contribution >= 4 is 17.3 Å². The molecule has 2 nitrogen and oxygen atoms in total. The fourth-order valence-electron chi connectivity index (χ4n) is 1.91. The topological polar surface area (TPSA) is 35.2 Å². The molecule has 0 heterocycles. The molecule has 2 aromatic carbocycles. The summed E-state index contributed by atoms with van der Waals surface area (Å²) in [5, 5.41) is 0.640.